The van der Waals surface area contributed by atoms with Crippen molar-refractivity contribution in [2.75, 3.05) is 13.1 Å². The Morgan fingerprint density at radius 1 is 1.63 bits per heavy atom. The second-order valence-corrected chi connectivity index (χ2v) is 5.56. The minimum Gasteiger partial charge on any atom is -0.336 e. The van der Waals surface area contributed by atoms with Gasteiger partial charge in [0.2, 0.25) is 0 Å². The van der Waals surface area contributed by atoms with E-state index in [9.17, 15) is 9.59 Å². The molecule has 2 unspecified atom stereocenters. The molecule has 1 fully saturated rings. The van der Waals surface area contributed by atoms with Crippen molar-refractivity contribution in [2.24, 2.45) is 11.7 Å². The van der Waals surface area contributed by atoms with Crippen molar-refractivity contribution in [2.45, 2.75) is 19.4 Å². The first kappa shape index (κ1) is 16.2. The van der Waals surface area contributed by atoms with E-state index in [0.717, 1.165) is 6.42 Å². The lowest BCUT2D eigenvalue weighted by Crippen LogP contribution is -2.34. The Balaban J connectivity index is 0.00000180. The van der Waals surface area contributed by atoms with Gasteiger partial charge in [-0.1, -0.05) is 0 Å². The minimum atomic E-state index is -0.235. The molecule has 7 heteroatoms. The lowest BCUT2D eigenvalue weighted by molar-refractivity contribution is 0.0743. The summed E-state index contributed by atoms with van der Waals surface area (Å²) in [6.45, 7) is 3.31. The van der Waals surface area contributed by atoms with Gasteiger partial charge in [-0.15, -0.1) is 12.4 Å². The highest BCUT2D eigenvalue weighted by Crippen LogP contribution is 2.24. The van der Waals surface area contributed by atoms with Gasteiger partial charge in [0.05, 0.1) is 10.0 Å². The fourth-order valence-corrected chi connectivity index (χ4v) is 2.70. The zero-order valence-corrected chi connectivity index (χ0v) is 13.0. The van der Waals surface area contributed by atoms with Crippen molar-refractivity contribution in [1.29, 1.82) is 0 Å². The van der Waals surface area contributed by atoms with Crippen LogP contribution >= 0.6 is 28.3 Å². The number of likely N-dealkylation sites (tertiary alicyclic amines) is 1. The Morgan fingerprint density at radius 3 is 2.84 bits per heavy atom. The summed E-state index contributed by atoms with van der Waals surface area (Å²) in [7, 11) is 0. The molecule has 1 aliphatic rings. The molecule has 1 amide bonds. The van der Waals surface area contributed by atoms with Crippen LogP contribution in [0.3, 0.4) is 0 Å². The van der Waals surface area contributed by atoms with E-state index in [-0.39, 0.29) is 29.9 Å². The Hall–Kier alpha value is -0.850. The fourth-order valence-electron chi connectivity index (χ4n) is 2.34. The summed E-state index contributed by atoms with van der Waals surface area (Å²) in [5.41, 5.74) is 5.90. The van der Waals surface area contributed by atoms with E-state index in [1.165, 1.54) is 6.20 Å². The summed E-state index contributed by atoms with van der Waals surface area (Å²) < 4.78 is 0.371. The van der Waals surface area contributed by atoms with Gasteiger partial charge in [0, 0.05) is 18.8 Å². The summed E-state index contributed by atoms with van der Waals surface area (Å²) in [5, 5.41) is 0. The first-order valence-corrected chi connectivity index (χ1v) is 6.71. The number of aromatic nitrogens is 1. The topological polar surface area (TPSA) is 79.2 Å². The molecule has 19 heavy (non-hydrogen) atoms. The highest BCUT2D eigenvalue weighted by molar-refractivity contribution is 9.10. The predicted octanol–water partition coefficient (Wildman–Crippen LogP) is 1.37. The van der Waals surface area contributed by atoms with Crippen LogP contribution in [0.1, 0.15) is 23.7 Å². The molecular formula is C12H17BrClN3O2. The Bertz CT molecular complexity index is 520. The third-order valence-corrected chi connectivity index (χ3v) is 3.95. The normalized spacial score (nSPS) is 22.2. The minimum absolute atomic E-state index is 0. The molecule has 2 atom stereocenters. The molecule has 1 aliphatic heterocycles. The molecule has 1 aromatic heterocycles. The van der Waals surface area contributed by atoms with Crippen molar-refractivity contribution in [1.82, 2.24) is 9.88 Å². The maximum Gasteiger partial charge on any atom is 0.262 e. The molecular weight excluding hydrogens is 334 g/mol. The average Bonchev–Trinajstić information content (AvgIpc) is 2.73. The number of aromatic amines is 1. The number of nitrogens with two attached hydrogens (primary N) is 1. The van der Waals surface area contributed by atoms with Crippen LogP contribution < -0.4 is 11.3 Å². The number of carbonyl (C=O) groups is 1. The summed E-state index contributed by atoms with van der Waals surface area (Å²) >= 11 is 3.13. The SMILES string of the molecule is CC1CC(CN)CN1C(=O)c1c[nH]c(=O)c(Br)c1.Cl. The van der Waals surface area contributed by atoms with Crippen LogP contribution in [0, 0.1) is 5.92 Å². The van der Waals surface area contributed by atoms with Gasteiger partial charge in [-0.2, -0.15) is 0 Å². The molecule has 0 saturated carbocycles. The number of rotatable bonds is 2. The summed E-state index contributed by atoms with van der Waals surface area (Å²) in [4.78, 5) is 27.9. The molecule has 0 aromatic carbocycles. The van der Waals surface area contributed by atoms with Crippen LogP contribution in [0.2, 0.25) is 0 Å². The van der Waals surface area contributed by atoms with Gasteiger partial charge in [0.15, 0.2) is 0 Å². The van der Waals surface area contributed by atoms with Gasteiger partial charge in [-0.3, -0.25) is 9.59 Å². The van der Waals surface area contributed by atoms with Crippen LogP contribution in [0.5, 0.6) is 0 Å². The van der Waals surface area contributed by atoms with Gasteiger partial charge >= 0.3 is 0 Å². The van der Waals surface area contributed by atoms with Crippen molar-refractivity contribution < 1.29 is 4.79 Å². The molecule has 2 rings (SSSR count). The molecule has 5 nitrogen and oxygen atoms in total. The Labute approximate surface area is 126 Å². The van der Waals surface area contributed by atoms with Gasteiger partial charge in [0.25, 0.3) is 11.5 Å². The molecule has 0 aliphatic carbocycles. The van der Waals surface area contributed by atoms with Crippen molar-refractivity contribution in [3.05, 3.63) is 32.7 Å². The Morgan fingerprint density at radius 2 is 2.32 bits per heavy atom. The highest BCUT2D eigenvalue weighted by atomic mass is 79.9. The number of amides is 1. The van der Waals surface area contributed by atoms with Crippen LogP contribution in [-0.2, 0) is 0 Å². The first-order chi connectivity index (χ1) is 8.52. The third kappa shape index (κ3) is 3.38. The van der Waals surface area contributed by atoms with Crippen LogP contribution in [-0.4, -0.2) is 34.9 Å². The van der Waals surface area contributed by atoms with Crippen LogP contribution in [0.25, 0.3) is 0 Å². The van der Waals surface area contributed by atoms with E-state index in [0.29, 0.717) is 29.0 Å². The quantitative estimate of drug-likeness (QED) is 0.845. The standard InChI is InChI=1S/C12H16BrN3O2.ClH/c1-7-2-8(4-14)6-16(7)12(18)9-3-10(13)11(17)15-5-9;/h3,5,7-8H,2,4,6,14H2,1H3,(H,15,17);1H. The molecule has 0 bridgehead atoms. The van der Waals surface area contributed by atoms with E-state index >= 15 is 0 Å². The average molecular weight is 351 g/mol. The van der Waals surface area contributed by atoms with Crippen molar-refractivity contribution in [3.8, 4) is 0 Å². The summed E-state index contributed by atoms with van der Waals surface area (Å²) in [5.74, 6) is 0.311. The number of pyridine rings is 1. The first-order valence-electron chi connectivity index (χ1n) is 5.92. The number of nitrogens with zero attached hydrogens (tertiary/aromatic N) is 1. The van der Waals surface area contributed by atoms with E-state index in [4.69, 9.17) is 5.73 Å². The number of hydrogen-bond acceptors (Lipinski definition) is 3. The monoisotopic (exact) mass is 349 g/mol. The third-order valence-electron chi connectivity index (χ3n) is 3.36. The lowest BCUT2D eigenvalue weighted by Gasteiger charge is -2.21. The predicted molar refractivity (Wildman–Crippen MR) is 79.7 cm³/mol. The van der Waals surface area contributed by atoms with Gasteiger partial charge in [-0.25, -0.2) is 0 Å². The van der Waals surface area contributed by atoms with Crippen molar-refractivity contribution >= 4 is 34.2 Å². The molecule has 0 radical (unpaired) electrons. The molecule has 1 aromatic rings. The van der Waals surface area contributed by atoms with Gasteiger partial charge in [0.1, 0.15) is 0 Å². The number of nitrogens with one attached hydrogen (secondary N) is 1. The van der Waals surface area contributed by atoms with E-state index in [1.807, 2.05) is 11.8 Å². The maximum atomic E-state index is 12.3. The Kier molecular flexibility index (Phi) is 5.58. The summed E-state index contributed by atoms with van der Waals surface area (Å²) in [6, 6.07) is 1.75. The highest BCUT2D eigenvalue weighted by Gasteiger charge is 2.32. The lowest BCUT2D eigenvalue weighted by atomic mass is 10.1. The maximum absolute atomic E-state index is 12.3. The van der Waals surface area contributed by atoms with Crippen molar-refractivity contribution in [3.63, 3.8) is 0 Å². The zero-order chi connectivity index (χ0) is 13.3. The second-order valence-electron chi connectivity index (χ2n) is 4.71. The smallest absolute Gasteiger partial charge is 0.262 e. The number of H-pyrrole nitrogens is 1. The number of halogens is 2. The summed E-state index contributed by atoms with van der Waals surface area (Å²) in [6.07, 6.45) is 2.39. The van der Waals surface area contributed by atoms with Crippen LogP contribution in [0.4, 0.5) is 0 Å². The second kappa shape index (κ2) is 6.54. The fraction of sp³-hybridized carbons (Fsp3) is 0.500. The molecule has 2 heterocycles. The van der Waals surface area contributed by atoms with Gasteiger partial charge in [-0.05, 0) is 47.8 Å². The molecule has 0 spiro atoms. The largest absolute Gasteiger partial charge is 0.336 e. The van der Waals surface area contributed by atoms with E-state index < -0.39 is 0 Å². The molecule has 106 valence electrons. The zero-order valence-electron chi connectivity index (χ0n) is 10.6. The number of carbonyl (C=O) groups excluding carboxylic acids is 1. The molecule has 1 saturated heterocycles. The van der Waals surface area contributed by atoms with E-state index in [1.54, 1.807) is 6.07 Å². The van der Waals surface area contributed by atoms with E-state index in [2.05, 4.69) is 20.9 Å². The number of hydrogen-bond donors (Lipinski definition) is 2. The molecule has 3 N–H and O–H groups in total. The van der Waals surface area contributed by atoms with Gasteiger partial charge < -0.3 is 15.6 Å². The van der Waals surface area contributed by atoms with Crippen LogP contribution in [0.15, 0.2) is 21.5 Å².